The molecule has 0 saturated heterocycles. The van der Waals surface area contributed by atoms with E-state index >= 15 is 0 Å². The summed E-state index contributed by atoms with van der Waals surface area (Å²) < 4.78 is 12.9. The van der Waals surface area contributed by atoms with Gasteiger partial charge >= 0.3 is 0 Å². The normalized spacial score (nSPS) is 18.3. The van der Waals surface area contributed by atoms with Gasteiger partial charge in [0, 0.05) is 12.4 Å². The van der Waals surface area contributed by atoms with Crippen molar-refractivity contribution >= 4 is 5.69 Å². The zero-order chi connectivity index (χ0) is 12.4. The third kappa shape index (κ3) is 1.95. The number of hydrogen-bond acceptors (Lipinski definition) is 4. The molecule has 0 bridgehead atoms. The summed E-state index contributed by atoms with van der Waals surface area (Å²) in [6, 6.07) is 10.2. The third-order valence-corrected chi connectivity index (χ3v) is 2.89. The van der Waals surface area contributed by atoms with Crippen LogP contribution in [0.2, 0.25) is 0 Å². The fourth-order valence-corrected chi connectivity index (χ4v) is 1.98. The Balaban J connectivity index is 1.91. The summed E-state index contributed by atoms with van der Waals surface area (Å²) in [4.78, 5) is 4.00. The van der Waals surface area contributed by atoms with Crippen molar-refractivity contribution in [3.8, 4) is 0 Å². The minimum Gasteiger partial charge on any atom is -0.265 e. The Morgan fingerprint density at radius 3 is 2.50 bits per heavy atom. The van der Waals surface area contributed by atoms with Crippen molar-refractivity contribution in [3.63, 3.8) is 0 Å². The quantitative estimate of drug-likeness (QED) is 0.811. The van der Waals surface area contributed by atoms with Crippen molar-refractivity contribution in [1.82, 2.24) is 4.98 Å². The molecule has 5 heteroatoms. The Morgan fingerprint density at radius 1 is 1.06 bits per heavy atom. The number of benzene rings is 1. The highest BCUT2D eigenvalue weighted by Crippen LogP contribution is 2.31. The molecule has 0 amide bonds. The van der Waals surface area contributed by atoms with E-state index in [9.17, 15) is 4.39 Å². The second-order valence-corrected chi connectivity index (χ2v) is 4.03. The van der Waals surface area contributed by atoms with Crippen molar-refractivity contribution in [2.75, 3.05) is 11.6 Å². The van der Waals surface area contributed by atoms with Gasteiger partial charge in [0.25, 0.3) is 0 Å². The molecule has 0 aliphatic carbocycles. The molecule has 1 aromatic heterocycles. The summed E-state index contributed by atoms with van der Waals surface area (Å²) in [7, 11) is 0. The monoisotopic (exact) mass is 242 g/mol. The number of aromatic nitrogens is 1. The minimum atomic E-state index is -0.254. The standard InChI is InChI=1S/C13H11FN4/c14-11-1-3-12(4-2-11)18-13(9-16-17-18)10-5-7-15-8-6-10/h1-8,13H,9H2. The molecule has 1 aliphatic rings. The number of rotatable bonds is 2. The molecule has 1 aliphatic heterocycles. The van der Waals surface area contributed by atoms with E-state index in [0.29, 0.717) is 6.54 Å². The second kappa shape index (κ2) is 4.52. The van der Waals surface area contributed by atoms with E-state index in [1.165, 1.54) is 12.1 Å². The zero-order valence-corrected chi connectivity index (χ0v) is 9.57. The second-order valence-electron chi connectivity index (χ2n) is 4.03. The maximum absolute atomic E-state index is 12.9. The Hall–Kier alpha value is -2.30. The first-order chi connectivity index (χ1) is 8.84. The summed E-state index contributed by atoms with van der Waals surface area (Å²) in [6.07, 6.45) is 3.49. The smallest absolute Gasteiger partial charge is 0.123 e. The van der Waals surface area contributed by atoms with Gasteiger partial charge in [0.2, 0.25) is 0 Å². The van der Waals surface area contributed by atoms with E-state index in [0.717, 1.165) is 11.3 Å². The van der Waals surface area contributed by atoms with Crippen LogP contribution in [0.5, 0.6) is 0 Å². The van der Waals surface area contributed by atoms with Crippen molar-refractivity contribution in [2.24, 2.45) is 10.3 Å². The van der Waals surface area contributed by atoms with Gasteiger partial charge in [-0.1, -0.05) is 5.22 Å². The van der Waals surface area contributed by atoms with Crippen LogP contribution in [0.25, 0.3) is 0 Å². The summed E-state index contributed by atoms with van der Waals surface area (Å²) in [5.74, 6) is -0.254. The van der Waals surface area contributed by atoms with Crippen LogP contribution in [0.4, 0.5) is 10.1 Å². The van der Waals surface area contributed by atoms with E-state index in [2.05, 4.69) is 15.3 Å². The molecule has 3 rings (SSSR count). The Kier molecular flexibility index (Phi) is 2.72. The number of halogens is 1. The van der Waals surface area contributed by atoms with Gasteiger partial charge in [-0.25, -0.2) is 9.40 Å². The lowest BCUT2D eigenvalue weighted by molar-refractivity contribution is 0.627. The molecule has 4 nitrogen and oxygen atoms in total. The summed E-state index contributed by atoms with van der Waals surface area (Å²) in [6.45, 7) is 0.599. The first-order valence-corrected chi connectivity index (χ1v) is 5.67. The molecule has 0 N–H and O–H groups in total. The van der Waals surface area contributed by atoms with Gasteiger partial charge in [0.1, 0.15) is 11.9 Å². The number of anilines is 1. The molecule has 2 aromatic rings. The van der Waals surface area contributed by atoms with Gasteiger partial charge in [-0.2, -0.15) is 5.11 Å². The third-order valence-electron chi connectivity index (χ3n) is 2.89. The number of pyridine rings is 1. The van der Waals surface area contributed by atoms with Crippen molar-refractivity contribution in [3.05, 3.63) is 60.2 Å². The Labute approximate surface area is 104 Å². The fourth-order valence-electron chi connectivity index (χ4n) is 1.98. The molecule has 90 valence electrons. The SMILES string of the molecule is Fc1ccc(N2N=NCC2c2ccncc2)cc1. The average Bonchev–Trinajstić information content (AvgIpc) is 2.90. The number of hydrogen-bond donors (Lipinski definition) is 0. The lowest BCUT2D eigenvalue weighted by atomic mass is 10.1. The van der Waals surface area contributed by atoms with Gasteiger partial charge in [0.05, 0.1) is 12.2 Å². The summed E-state index contributed by atoms with van der Waals surface area (Å²) in [5.41, 5.74) is 1.93. The van der Waals surface area contributed by atoms with Crippen LogP contribution in [-0.2, 0) is 0 Å². The molecule has 0 radical (unpaired) electrons. The lowest BCUT2D eigenvalue weighted by Gasteiger charge is -2.21. The number of nitrogens with zero attached hydrogens (tertiary/aromatic N) is 4. The van der Waals surface area contributed by atoms with Gasteiger partial charge in [0.15, 0.2) is 0 Å². The lowest BCUT2D eigenvalue weighted by Crippen LogP contribution is -2.20. The fraction of sp³-hybridized carbons (Fsp3) is 0.154. The van der Waals surface area contributed by atoms with Crippen LogP contribution in [-0.4, -0.2) is 11.5 Å². The van der Waals surface area contributed by atoms with E-state index in [1.54, 1.807) is 29.5 Å². The van der Waals surface area contributed by atoms with E-state index in [1.807, 2.05) is 12.1 Å². The van der Waals surface area contributed by atoms with E-state index < -0.39 is 0 Å². The summed E-state index contributed by atoms with van der Waals surface area (Å²) >= 11 is 0. The van der Waals surface area contributed by atoms with Crippen LogP contribution in [0.3, 0.4) is 0 Å². The summed E-state index contributed by atoms with van der Waals surface area (Å²) in [5, 5.41) is 9.97. The molecule has 2 heterocycles. The van der Waals surface area contributed by atoms with Crippen LogP contribution >= 0.6 is 0 Å². The van der Waals surface area contributed by atoms with Crippen LogP contribution in [0.1, 0.15) is 11.6 Å². The predicted octanol–water partition coefficient (Wildman–Crippen LogP) is 3.15. The van der Waals surface area contributed by atoms with E-state index in [-0.39, 0.29) is 11.9 Å². The highest BCUT2D eigenvalue weighted by atomic mass is 19.1. The van der Waals surface area contributed by atoms with Crippen LogP contribution in [0, 0.1) is 5.82 Å². The van der Waals surface area contributed by atoms with Crippen LogP contribution < -0.4 is 5.01 Å². The van der Waals surface area contributed by atoms with Gasteiger partial charge < -0.3 is 0 Å². The molecule has 1 aromatic carbocycles. The zero-order valence-electron chi connectivity index (χ0n) is 9.57. The minimum absolute atomic E-state index is 0.0541. The first kappa shape index (κ1) is 10.8. The highest BCUT2D eigenvalue weighted by molar-refractivity contribution is 5.48. The maximum atomic E-state index is 12.9. The average molecular weight is 242 g/mol. The van der Waals surface area contributed by atoms with Gasteiger partial charge in [-0.3, -0.25) is 4.98 Å². The van der Waals surface area contributed by atoms with Gasteiger partial charge in [-0.05, 0) is 42.0 Å². The molecule has 18 heavy (non-hydrogen) atoms. The van der Waals surface area contributed by atoms with Crippen molar-refractivity contribution in [2.45, 2.75) is 6.04 Å². The largest absolute Gasteiger partial charge is 0.265 e. The molecule has 1 atom stereocenters. The first-order valence-electron chi connectivity index (χ1n) is 5.67. The van der Waals surface area contributed by atoms with Crippen molar-refractivity contribution < 1.29 is 4.39 Å². The molecule has 1 unspecified atom stereocenters. The molecule has 0 saturated carbocycles. The Bertz CT molecular complexity index is 553. The molecule has 0 spiro atoms. The predicted molar refractivity (Wildman–Crippen MR) is 65.6 cm³/mol. The van der Waals surface area contributed by atoms with E-state index in [4.69, 9.17) is 0 Å². The highest BCUT2D eigenvalue weighted by Gasteiger charge is 2.25. The maximum Gasteiger partial charge on any atom is 0.123 e. The van der Waals surface area contributed by atoms with Crippen molar-refractivity contribution in [1.29, 1.82) is 0 Å². The topological polar surface area (TPSA) is 40.9 Å². The molecular formula is C13H11FN4. The Morgan fingerprint density at radius 2 is 1.78 bits per heavy atom. The molecular weight excluding hydrogens is 231 g/mol. The van der Waals surface area contributed by atoms with Gasteiger partial charge in [-0.15, -0.1) is 0 Å². The van der Waals surface area contributed by atoms with Crippen LogP contribution in [0.15, 0.2) is 59.1 Å². The molecule has 0 fully saturated rings.